The number of rotatable bonds is 4. The Balaban J connectivity index is 2.72. The van der Waals surface area contributed by atoms with Crippen molar-refractivity contribution in [3.05, 3.63) is 29.8 Å². The van der Waals surface area contributed by atoms with Crippen molar-refractivity contribution in [2.45, 2.75) is 20.3 Å². The third-order valence-electron chi connectivity index (χ3n) is 2.35. The van der Waals surface area contributed by atoms with Gasteiger partial charge in [-0.15, -0.1) is 0 Å². The Morgan fingerprint density at radius 2 is 2.27 bits per heavy atom. The van der Waals surface area contributed by atoms with Gasteiger partial charge in [0, 0.05) is 17.2 Å². The highest BCUT2D eigenvalue weighted by molar-refractivity contribution is 5.93. The molecule has 0 aromatic heterocycles. The largest absolute Gasteiger partial charge is 0.326 e. The zero-order valence-electron chi connectivity index (χ0n) is 8.99. The lowest BCUT2D eigenvalue weighted by molar-refractivity contribution is -0.119. The summed E-state index contributed by atoms with van der Waals surface area (Å²) in [5.41, 5.74) is 1.24. The Hall–Kier alpha value is -1.64. The van der Waals surface area contributed by atoms with Gasteiger partial charge in [0.15, 0.2) is 0 Å². The highest BCUT2D eigenvalue weighted by Crippen LogP contribution is 2.11. The lowest BCUT2D eigenvalue weighted by Crippen LogP contribution is -2.19. The van der Waals surface area contributed by atoms with Crippen LogP contribution in [-0.2, 0) is 4.79 Å². The molecule has 3 heteroatoms. The number of aldehydes is 1. The predicted molar refractivity (Wildman–Crippen MR) is 59.9 cm³/mol. The summed E-state index contributed by atoms with van der Waals surface area (Å²) in [7, 11) is 0. The van der Waals surface area contributed by atoms with E-state index in [2.05, 4.69) is 5.32 Å². The van der Waals surface area contributed by atoms with Crippen LogP contribution in [0.4, 0.5) is 5.69 Å². The fourth-order valence-corrected chi connectivity index (χ4v) is 1.14. The smallest absolute Gasteiger partial charge is 0.227 e. The Morgan fingerprint density at radius 3 is 2.87 bits per heavy atom. The minimum Gasteiger partial charge on any atom is -0.326 e. The summed E-state index contributed by atoms with van der Waals surface area (Å²) in [6, 6.07) is 6.88. The minimum absolute atomic E-state index is 0.00936. The molecule has 0 radical (unpaired) electrons. The van der Waals surface area contributed by atoms with Gasteiger partial charge in [0.25, 0.3) is 0 Å². The molecule has 80 valence electrons. The van der Waals surface area contributed by atoms with Crippen molar-refractivity contribution >= 4 is 17.9 Å². The van der Waals surface area contributed by atoms with Crippen molar-refractivity contribution < 1.29 is 9.59 Å². The molecule has 0 aliphatic rings. The van der Waals surface area contributed by atoms with Crippen LogP contribution in [0.5, 0.6) is 0 Å². The molecule has 1 aromatic carbocycles. The number of nitrogens with one attached hydrogen (secondary N) is 1. The summed E-state index contributed by atoms with van der Waals surface area (Å²) >= 11 is 0. The van der Waals surface area contributed by atoms with E-state index in [0.29, 0.717) is 11.3 Å². The number of hydrogen-bond acceptors (Lipinski definition) is 2. The van der Waals surface area contributed by atoms with E-state index in [4.69, 9.17) is 0 Å². The maximum Gasteiger partial charge on any atom is 0.227 e. The summed E-state index contributed by atoms with van der Waals surface area (Å²) in [6.07, 6.45) is 1.57. The molecule has 1 unspecified atom stereocenters. The molecule has 15 heavy (non-hydrogen) atoms. The zero-order chi connectivity index (χ0) is 11.3. The third-order valence-corrected chi connectivity index (χ3v) is 2.35. The first-order chi connectivity index (χ1) is 7.17. The van der Waals surface area contributed by atoms with Crippen LogP contribution >= 0.6 is 0 Å². The van der Waals surface area contributed by atoms with Crippen molar-refractivity contribution in [3.8, 4) is 0 Å². The molecule has 0 aliphatic heterocycles. The molecule has 3 nitrogen and oxygen atoms in total. The Labute approximate surface area is 89.5 Å². The van der Waals surface area contributed by atoms with Crippen LogP contribution in [0.15, 0.2) is 24.3 Å². The fraction of sp³-hybridized carbons (Fsp3) is 0.333. The van der Waals surface area contributed by atoms with Crippen molar-refractivity contribution in [3.63, 3.8) is 0 Å². The second kappa shape index (κ2) is 5.29. The minimum atomic E-state index is -0.0134. The van der Waals surface area contributed by atoms with E-state index in [1.807, 2.05) is 13.8 Å². The lowest BCUT2D eigenvalue weighted by atomic mass is 10.1. The van der Waals surface area contributed by atoms with Crippen LogP contribution in [0.3, 0.4) is 0 Å². The maximum absolute atomic E-state index is 11.5. The SMILES string of the molecule is CCC(C)C(=O)Nc1cccc(C=O)c1. The Kier molecular flexibility index (Phi) is 4.03. The second-order valence-corrected chi connectivity index (χ2v) is 3.54. The molecular formula is C12H15NO2. The van der Waals surface area contributed by atoms with E-state index in [1.54, 1.807) is 24.3 Å². The lowest BCUT2D eigenvalue weighted by Gasteiger charge is -2.09. The summed E-state index contributed by atoms with van der Waals surface area (Å²) in [5, 5.41) is 2.77. The van der Waals surface area contributed by atoms with Gasteiger partial charge in [-0.3, -0.25) is 9.59 Å². The molecule has 1 atom stereocenters. The van der Waals surface area contributed by atoms with Gasteiger partial charge < -0.3 is 5.32 Å². The number of anilines is 1. The van der Waals surface area contributed by atoms with Crippen LogP contribution in [0, 0.1) is 5.92 Å². The third kappa shape index (κ3) is 3.20. The van der Waals surface area contributed by atoms with Gasteiger partial charge in [0.1, 0.15) is 6.29 Å². The van der Waals surface area contributed by atoms with E-state index >= 15 is 0 Å². The maximum atomic E-state index is 11.5. The fourth-order valence-electron chi connectivity index (χ4n) is 1.14. The first-order valence-electron chi connectivity index (χ1n) is 5.03. The number of benzene rings is 1. The van der Waals surface area contributed by atoms with E-state index in [1.165, 1.54) is 0 Å². The summed E-state index contributed by atoms with van der Waals surface area (Å²) in [5.74, 6) is -0.0227. The van der Waals surface area contributed by atoms with Crippen molar-refractivity contribution in [2.75, 3.05) is 5.32 Å². The summed E-state index contributed by atoms with van der Waals surface area (Å²) in [4.78, 5) is 22.1. The van der Waals surface area contributed by atoms with Gasteiger partial charge in [-0.1, -0.05) is 26.0 Å². The molecular weight excluding hydrogens is 190 g/mol. The van der Waals surface area contributed by atoms with Gasteiger partial charge in [0.2, 0.25) is 5.91 Å². The summed E-state index contributed by atoms with van der Waals surface area (Å²) < 4.78 is 0. The zero-order valence-corrected chi connectivity index (χ0v) is 8.99. The molecule has 0 saturated carbocycles. The van der Waals surface area contributed by atoms with E-state index < -0.39 is 0 Å². The van der Waals surface area contributed by atoms with Gasteiger partial charge in [0.05, 0.1) is 0 Å². The number of carbonyl (C=O) groups excluding carboxylic acids is 2. The Morgan fingerprint density at radius 1 is 1.53 bits per heavy atom. The molecule has 0 bridgehead atoms. The van der Waals surface area contributed by atoms with E-state index in [0.717, 1.165) is 12.7 Å². The van der Waals surface area contributed by atoms with Gasteiger partial charge >= 0.3 is 0 Å². The number of hydrogen-bond donors (Lipinski definition) is 1. The highest BCUT2D eigenvalue weighted by Gasteiger charge is 2.10. The molecule has 0 aliphatic carbocycles. The van der Waals surface area contributed by atoms with Crippen LogP contribution in [0.25, 0.3) is 0 Å². The van der Waals surface area contributed by atoms with Gasteiger partial charge in [-0.05, 0) is 18.6 Å². The molecule has 0 heterocycles. The first kappa shape index (κ1) is 11.4. The molecule has 0 fully saturated rings. The summed E-state index contributed by atoms with van der Waals surface area (Å²) in [6.45, 7) is 3.84. The molecule has 1 rings (SSSR count). The van der Waals surface area contributed by atoms with E-state index in [-0.39, 0.29) is 11.8 Å². The normalized spacial score (nSPS) is 11.9. The van der Waals surface area contributed by atoms with Crippen LogP contribution in [-0.4, -0.2) is 12.2 Å². The van der Waals surface area contributed by atoms with Crippen LogP contribution in [0.2, 0.25) is 0 Å². The topological polar surface area (TPSA) is 46.2 Å². The molecule has 1 amide bonds. The predicted octanol–water partition coefficient (Wildman–Crippen LogP) is 2.48. The van der Waals surface area contributed by atoms with Gasteiger partial charge in [-0.2, -0.15) is 0 Å². The number of carbonyl (C=O) groups is 2. The monoisotopic (exact) mass is 205 g/mol. The van der Waals surface area contributed by atoms with Crippen molar-refractivity contribution in [1.29, 1.82) is 0 Å². The average Bonchev–Trinajstić information content (AvgIpc) is 2.28. The van der Waals surface area contributed by atoms with Crippen LogP contribution < -0.4 is 5.32 Å². The quantitative estimate of drug-likeness (QED) is 0.767. The molecule has 0 spiro atoms. The van der Waals surface area contributed by atoms with E-state index in [9.17, 15) is 9.59 Å². The van der Waals surface area contributed by atoms with Crippen molar-refractivity contribution in [2.24, 2.45) is 5.92 Å². The second-order valence-electron chi connectivity index (χ2n) is 3.54. The first-order valence-corrected chi connectivity index (χ1v) is 5.03. The molecule has 1 N–H and O–H groups in total. The Bertz CT molecular complexity index is 360. The molecule has 1 aromatic rings. The highest BCUT2D eigenvalue weighted by atomic mass is 16.1. The average molecular weight is 205 g/mol. The molecule has 0 saturated heterocycles. The van der Waals surface area contributed by atoms with Gasteiger partial charge in [-0.25, -0.2) is 0 Å². The number of amides is 1. The van der Waals surface area contributed by atoms with Crippen molar-refractivity contribution in [1.82, 2.24) is 0 Å². The van der Waals surface area contributed by atoms with Crippen LogP contribution in [0.1, 0.15) is 30.6 Å². The standard InChI is InChI=1S/C12H15NO2/c1-3-9(2)12(15)13-11-6-4-5-10(7-11)8-14/h4-9H,3H2,1-2H3,(H,13,15).